The number of para-hydroxylation sites is 2. The molecule has 0 saturated carbocycles. The first-order valence-corrected chi connectivity index (χ1v) is 8.59. The first kappa shape index (κ1) is 17.8. The van der Waals surface area contributed by atoms with Crippen LogP contribution in [0.25, 0.3) is 0 Å². The number of thioether (sulfide) groups is 1. The third-order valence-corrected chi connectivity index (χ3v) is 4.65. The summed E-state index contributed by atoms with van der Waals surface area (Å²) in [5, 5.41) is 24.0. The molecule has 126 valence electrons. The van der Waals surface area contributed by atoms with E-state index in [0.717, 1.165) is 23.1 Å². The van der Waals surface area contributed by atoms with Crippen molar-refractivity contribution in [3.8, 4) is 0 Å². The molecule has 0 aliphatic rings. The van der Waals surface area contributed by atoms with Gasteiger partial charge in [0.1, 0.15) is 5.69 Å². The summed E-state index contributed by atoms with van der Waals surface area (Å²) in [4.78, 5) is 33.5. The summed E-state index contributed by atoms with van der Waals surface area (Å²) < 4.78 is 0.513. The van der Waals surface area contributed by atoms with Gasteiger partial charge in [0.15, 0.2) is 4.34 Å². The molecule has 2 rings (SSSR count). The van der Waals surface area contributed by atoms with E-state index >= 15 is 0 Å². The van der Waals surface area contributed by atoms with E-state index in [0.29, 0.717) is 15.9 Å². The Kier molecular flexibility index (Phi) is 6.21. The van der Waals surface area contributed by atoms with Gasteiger partial charge in [0.25, 0.3) is 5.69 Å². The van der Waals surface area contributed by atoms with E-state index in [1.807, 2.05) is 0 Å². The van der Waals surface area contributed by atoms with E-state index in [1.165, 1.54) is 18.2 Å². The van der Waals surface area contributed by atoms with Crippen molar-refractivity contribution >= 4 is 51.4 Å². The second kappa shape index (κ2) is 8.36. The standard InChI is InChI=1S/C13H13N5O4S2/c1-2-10(19)15-12-16-17-13(24-12)23-7-11(20)14-8-5-3-4-6-9(8)18(21)22/h3-6H,2,7H2,1H3,(H,14,20)(H,15,16,19). The van der Waals surface area contributed by atoms with E-state index in [4.69, 9.17) is 0 Å². The maximum Gasteiger partial charge on any atom is 0.292 e. The average Bonchev–Trinajstić information content (AvgIpc) is 3.00. The number of anilines is 2. The number of nitro benzene ring substituents is 1. The first-order valence-electron chi connectivity index (χ1n) is 6.79. The minimum Gasteiger partial charge on any atom is -0.320 e. The van der Waals surface area contributed by atoms with Crippen LogP contribution in [0.3, 0.4) is 0 Å². The molecule has 1 aromatic carbocycles. The Morgan fingerprint density at radius 3 is 2.71 bits per heavy atom. The van der Waals surface area contributed by atoms with Crippen LogP contribution in [0.15, 0.2) is 28.6 Å². The Morgan fingerprint density at radius 2 is 2.00 bits per heavy atom. The molecule has 0 fully saturated rings. The summed E-state index contributed by atoms with van der Waals surface area (Å²) >= 11 is 2.28. The molecule has 2 N–H and O–H groups in total. The highest BCUT2D eigenvalue weighted by Crippen LogP contribution is 2.27. The molecule has 1 heterocycles. The summed E-state index contributed by atoms with van der Waals surface area (Å²) in [6.45, 7) is 1.72. The van der Waals surface area contributed by atoms with E-state index in [-0.39, 0.29) is 23.0 Å². The van der Waals surface area contributed by atoms with Crippen LogP contribution < -0.4 is 10.6 Å². The lowest BCUT2D eigenvalue weighted by Crippen LogP contribution is -2.15. The summed E-state index contributed by atoms with van der Waals surface area (Å²) in [6, 6.07) is 5.90. The summed E-state index contributed by atoms with van der Waals surface area (Å²) in [7, 11) is 0. The van der Waals surface area contributed by atoms with E-state index in [2.05, 4.69) is 20.8 Å². The molecule has 0 spiro atoms. The molecule has 0 bridgehead atoms. The quantitative estimate of drug-likeness (QED) is 0.333. The molecule has 0 aliphatic heterocycles. The SMILES string of the molecule is CCC(=O)Nc1nnc(SCC(=O)Nc2ccccc2[N+](=O)[O-])s1. The number of amides is 2. The van der Waals surface area contributed by atoms with Gasteiger partial charge in [-0.1, -0.05) is 42.2 Å². The van der Waals surface area contributed by atoms with Crippen LogP contribution in [0.4, 0.5) is 16.5 Å². The minimum absolute atomic E-state index is 0.0163. The highest BCUT2D eigenvalue weighted by atomic mass is 32.2. The largest absolute Gasteiger partial charge is 0.320 e. The summed E-state index contributed by atoms with van der Waals surface area (Å²) in [6.07, 6.45) is 0.334. The average molecular weight is 367 g/mol. The number of hydrogen-bond donors (Lipinski definition) is 2. The smallest absolute Gasteiger partial charge is 0.292 e. The van der Waals surface area contributed by atoms with Crippen molar-refractivity contribution < 1.29 is 14.5 Å². The highest BCUT2D eigenvalue weighted by molar-refractivity contribution is 8.01. The molecule has 0 atom stereocenters. The topological polar surface area (TPSA) is 127 Å². The molecule has 2 aromatic rings. The summed E-state index contributed by atoms with van der Waals surface area (Å²) in [5.74, 6) is -0.553. The molecule has 0 unspecified atom stereocenters. The van der Waals surface area contributed by atoms with Gasteiger partial charge in [-0.3, -0.25) is 19.7 Å². The molecule has 0 radical (unpaired) electrons. The number of rotatable bonds is 7. The second-order valence-corrected chi connectivity index (χ2v) is 6.59. The number of benzene rings is 1. The summed E-state index contributed by atoms with van der Waals surface area (Å²) in [5.41, 5.74) is -0.0300. The maximum absolute atomic E-state index is 11.9. The van der Waals surface area contributed by atoms with Crippen LogP contribution in [0.5, 0.6) is 0 Å². The van der Waals surface area contributed by atoms with Crippen LogP contribution in [0.1, 0.15) is 13.3 Å². The molecule has 2 amide bonds. The Bertz CT molecular complexity index is 764. The fourth-order valence-electron chi connectivity index (χ4n) is 1.58. The van der Waals surface area contributed by atoms with Crippen molar-refractivity contribution in [3.63, 3.8) is 0 Å². The molecule has 9 nitrogen and oxygen atoms in total. The zero-order chi connectivity index (χ0) is 17.5. The predicted octanol–water partition coefficient (Wildman–Crippen LogP) is 2.53. The maximum atomic E-state index is 11.9. The van der Waals surface area contributed by atoms with E-state index < -0.39 is 10.8 Å². The number of hydrogen-bond acceptors (Lipinski definition) is 8. The number of carbonyl (C=O) groups is 2. The molecule has 1 aromatic heterocycles. The molecule has 0 aliphatic carbocycles. The minimum atomic E-state index is -0.559. The Labute approximate surface area is 145 Å². The molecular weight excluding hydrogens is 354 g/mol. The van der Waals surface area contributed by atoms with Crippen molar-refractivity contribution in [2.24, 2.45) is 0 Å². The van der Waals surface area contributed by atoms with Crippen molar-refractivity contribution in [2.75, 3.05) is 16.4 Å². The Balaban J connectivity index is 1.90. The third-order valence-electron chi connectivity index (χ3n) is 2.68. The zero-order valence-electron chi connectivity index (χ0n) is 12.5. The lowest BCUT2D eigenvalue weighted by Gasteiger charge is -2.04. The van der Waals surface area contributed by atoms with Crippen molar-refractivity contribution in [2.45, 2.75) is 17.7 Å². The Hall–Kier alpha value is -2.53. The van der Waals surface area contributed by atoms with Gasteiger partial charge in [0.05, 0.1) is 10.7 Å². The van der Waals surface area contributed by atoms with Gasteiger partial charge in [-0.2, -0.15) is 0 Å². The van der Waals surface area contributed by atoms with Gasteiger partial charge in [0.2, 0.25) is 16.9 Å². The fourth-order valence-corrected chi connectivity index (χ4v) is 3.15. The van der Waals surface area contributed by atoms with E-state index in [9.17, 15) is 19.7 Å². The van der Waals surface area contributed by atoms with Gasteiger partial charge in [-0.25, -0.2) is 0 Å². The van der Waals surface area contributed by atoms with Crippen LogP contribution in [-0.2, 0) is 9.59 Å². The lowest BCUT2D eigenvalue weighted by molar-refractivity contribution is -0.383. The van der Waals surface area contributed by atoms with Gasteiger partial charge >= 0.3 is 0 Å². The monoisotopic (exact) mass is 367 g/mol. The third kappa shape index (κ3) is 4.99. The Morgan fingerprint density at radius 1 is 1.25 bits per heavy atom. The van der Waals surface area contributed by atoms with Crippen molar-refractivity contribution in [1.82, 2.24) is 10.2 Å². The van der Waals surface area contributed by atoms with Crippen LogP contribution in [-0.4, -0.2) is 32.7 Å². The first-order chi connectivity index (χ1) is 11.5. The number of nitrogens with zero attached hydrogens (tertiary/aromatic N) is 3. The number of nitrogens with one attached hydrogen (secondary N) is 2. The van der Waals surface area contributed by atoms with E-state index in [1.54, 1.807) is 13.0 Å². The van der Waals surface area contributed by atoms with Crippen LogP contribution in [0, 0.1) is 10.1 Å². The van der Waals surface area contributed by atoms with Crippen molar-refractivity contribution in [1.29, 1.82) is 0 Å². The number of aromatic nitrogens is 2. The van der Waals surface area contributed by atoms with Gasteiger partial charge in [0, 0.05) is 12.5 Å². The fraction of sp³-hybridized carbons (Fsp3) is 0.231. The highest BCUT2D eigenvalue weighted by Gasteiger charge is 2.15. The van der Waals surface area contributed by atoms with Crippen LogP contribution >= 0.6 is 23.1 Å². The molecule has 24 heavy (non-hydrogen) atoms. The van der Waals surface area contributed by atoms with Crippen molar-refractivity contribution in [3.05, 3.63) is 34.4 Å². The van der Waals surface area contributed by atoms with Gasteiger partial charge < -0.3 is 10.6 Å². The predicted molar refractivity (Wildman–Crippen MR) is 91.3 cm³/mol. The number of carbonyl (C=O) groups excluding carboxylic acids is 2. The van der Waals surface area contributed by atoms with Gasteiger partial charge in [-0.05, 0) is 6.07 Å². The molecular formula is C13H13N5O4S2. The lowest BCUT2D eigenvalue weighted by atomic mass is 10.2. The van der Waals surface area contributed by atoms with Gasteiger partial charge in [-0.15, -0.1) is 10.2 Å². The molecule has 0 saturated heterocycles. The normalized spacial score (nSPS) is 10.2. The van der Waals surface area contributed by atoms with Crippen LogP contribution in [0.2, 0.25) is 0 Å². The second-order valence-electron chi connectivity index (χ2n) is 4.39. The molecule has 11 heteroatoms. The zero-order valence-corrected chi connectivity index (χ0v) is 14.1. The number of nitro groups is 1.